The van der Waals surface area contributed by atoms with E-state index >= 15 is 0 Å². The Kier molecular flexibility index (Phi) is 1.77. The van der Waals surface area contributed by atoms with Crippen LogP contribution in [0.1, 0.15) is 19.8 Å². The maximum Gasteiger partial charge on any atom is 0.330 e. The molecule has 2 bridgehead atoms. The number of rotatable bonds is 2. The predicted octanol–water partition coefficient (Wildman–Crippen LogP) is 1.06. The fraction of sp³-hybridized carbons (Fsp3) is 0.667. The molecule has 3 fully saturated rings. The maximum atomic E-state index is 11.6. The molecule has 4 nitrogen and oxygen atoms in total. The SMILES string of the molecule is C=CC(=O)OC1(C)C2CC3C(=O)OC1C3C2. The van der Waals surface area contributed by atoms with Crippen molar-refractivity contribution in [2.75, 3.05) is 0 Å². The normalized spacial score (nSPS) is 47.9. The van der Waals surface area contributed by atoms with Crippen LogP contribution in [0.5, 0.6) is 0 Å². The van der Waals surface area contributed by atoms with E-state index in [9.17, 15) is 9.59 Å². The van der Waals surface area contributed by atoms with Crippen molar-refractivity contribution in [3.05, 3.63) is 12.7 Å². The predicted molar refractivity (Wildman–Crippen MR) is 54.3 cm³/mol. The topological polar surface area (TPSA) is 52.6 Å². The van der Waals surface area contributed by atoms with Gasteiger partial charge in [-0.15, -0.1) is 0 Å². The number of esters is 2. The van der Waals surface area contributed by atoms with Crippen LogP contribution in [0.3, 0.4) is 0 Å². The third-order valence-electron chi connectivity index (χ3n) is 4.41. The van der Waals surface area contributed by atoms with E-state index in [1.54, 1.807) is 0 Å². The smallest absolute Gasteiger partial charge is 0.330 e. The second-order valence-electron chi connectivity index (χ2n) is 5.11. The van der Waals surface area contributed by atoms with Crippen molar-refractivity contribution in [2.45, 2.75) is 31.5 Å². The van der Waals surface area contributed by atoms with E-state index in [0.29, 0.717) is 0 Å². The standard InChI is InChI=1S/C12H14O4/c1-3-9(13)16-12(2)6-4-7-8(5-6)11(14)15-10(7)12/h3,6-8,10H,1,4-5H2,2H3. The van der Waals surface area contributed by atoms with Crippen LogP contribution in [-0.4, -0.2) is 23.6 Å². The van der Waals surface area contributed by atoms with Crippen LogP contribution >= 0.6 is 0 Å². The molecule has 5 unspecified atom stereocenters. The lowest BCUT2D eigenvalue weighted by molar-refractivity contribution is -0.174. The molecule has 3 rings (SSSR count). The summed E-state index contributed by atoms with van der Waals surface area (Å²) in [7, 11) is 0. The highest BCUT2D eigenvalue weighted by atomic mass is 16.6. The fourth-order valence-corrected chi connectivity index (χ4v) is 3.62. The van der Waals surface area contributed by atoms with Gasteiger partial charge in [0.25, 0.3) is 0 Å². The van der Waals surface area contributed by atoms with Crippen molar-refractivity contribution in [2.24, 2.45) is 17.8 Å². The molecular weight excluding hydrogens is 208 g/mol. The van der Waals surface area contributed by atoms with Crippen molar-refractivity contribution in [1.29, 1.82) is 0 Å². The highest BCUT2D eigenvalue weighted by Gasteiger charge is 2.69. The molecule has 0 aromatic carbocycles. The zero-order valence-corrected chi connectivity index (χ0v) is 9.14. The van der Waals surface area contributed by atoms with E-state index in [2.05, 4.69) is 6.58 Å². The van der Waals surface area contributed by atoms with Gasteiger partial charge in [-0.2, -0.15) is 0 Å². The molecule has 1 saturated heterocycles. The Morgan fingerprint density at radius 3 is 3.06 bits per heavy atom. The van der Waals surface area contributed by atoms with Gasteiger partial charge >= 0.3 is 11.9 Å². The van der Waals surface area contributed by atoms with Crippen LogP contribution in [0.4, 0.5) is 0 Å². The van der Waals surface area contributed by atoms with Crippen molar-refractivity contribution in [3.63, 3.8) is 0 Å². The van der Waals surface area contributed by atoms with Crippen molar-refractivity contribution < 1.29 is 19.1 Å². The molecule has 1 aliphatic heterocycles. The van der Waals surface area contributed by atoms with E-state index in [4.69, 9.17) is 9.47 Å². The minimum atomic E-state index is -0.640. The average molecular weight is 222 g/mol. The average Bonchev–Trinajstić information content (AvgIpc) is 2.83. The molecule has 0 N–H and O–H groups in total. The number of hydrogen-bond acceptors (Lipinski definition) is 4. The van der Waals surface area contributed by atoms with Gasteiger partial charge in [-0.3, -0.25) is 4.79 Å². The second-order valence-corrected chi connectivity index (χ2v) is 5.11. The molecule has 0 aromatic heterocycles. The van der Waals surface area contributed by atoms with Gasteiger partial charge in [-0.05, 0) is 19.8 Å². The van der Waals surface area contributed by atoms with Gasteiger partial charge in [0.15, 0.2) is 0 Å². The summed E-state index contributed by atoms with van der Waals surface area (Å²) >= 11 is 0. The Balaban J connectivity index is 1.90. The van der Waals surface area contributed by atoms with E-state index in [0.717, 1.165) is 18.9 Å². The van der Waals surface area contributed by atoms with Gasteiger partial charge in [-0.25, -0.2) is 4.79 Å². The summed E-state index contributed by atoms with van der Waals surface area (Å²) in [4.78, 5) is 22.9. The second kappa shape index (κ2) is 2.87. The van der Waals surface area contributed by atoms with Crippen molar-refractivity contribution in [1.82, 2.24) is 0 Å². The van der Waals surface area contributed by atoms with Crippen LogP contribution in [0.25, 0.3) is 0 Å². The minimum absolute atomic E-state index is 0.0468. The quantitative estimate of drug-likeness (QED) is 0.517. The summed E-state index contributed by atoms with van der Waals surface area (Å²) in [5.74, 6) is -0.00102. The van der Waals surface area contributed by atoms with Gasteiger partial charge in [0, 0.05) is 17.9 Å². The van der Waals surface area contributed by atoms with Crippen LogP contribution in [0, 0.1) is 17.8 Å². The van der Waals surface area contributed by atoms with E-state index < -0.39 is 11.6 Å². The van der Waals surface area contributed by atoms with Gasteiger partial charge in [0.2, 0.25) is 0 Å². The van der Waals surface area contributed by atoms with Gasteiger partial charge < -0.3 is 9.47 Å². The van der Waals surface area contributed by atoms with Crippen LogP contribution in [0.2, 0.25) is 0 Å². The van der Waals surface area contributed by atoms with E-state index in [-0.39, 0.29) is 29.8 Å². The Bertz CT molecular complexity index is 388. The molecule has 1 heterocycles. The van der Waals surface area contributed by atoms with Crippen molar-refractivity contribution in [3.8, 4) is 0 Å². The molecule has 4 heteroatoms. The zero-order valence-electron chi connectivity index (χ0n) is 9.14. The molecule has 16 heavy (non-hydrogen) atoms. The third-order valence-corrected chi connectivity index (χ3v) is 4.41. The minimum Gasteiger partial charge on any atom is -0.458 e. The lowest BCUT2D eigenvalue weighted by Crippen LogP contribution is -2.47. The summed E-state index contributed by atoms with van der Waals surface area (Å²) in [6, 6.07) is 0. The third kappa shape index (κ3) is 0.996. The number of carbonyl (C=O) groups is 2. The van der Waals surface area contributed by atoms with Crippen molar-refractivity contribution >= 4 is 11.9 Å². The zero-order chi connectivity index (χ0) is 11.5. The van der Waals surface area contributed by atoms with Crippen LogP contribution in [-0.2, 0) is 19.1 Å². The van der Waals surface area contributed by atoms with E-state index in [1.807, 2.05) is 6.92 Å². The molecule has 0 spiro atoms. The number of carbonyl (C=O) groups excluding carboxylic acids is 2. The molecule has 5 atom stereocenters. The lowest BCUT2D eigenvalue weighted by atomic mass is 9.80. The number of fused-ring (bicyclic) bond motifs is 1. The summed E-state index contributed by atoms with van der Waals surface area (Å²) in [5.41, 5.74) is -0.640. The Hall–Kier alpha value is -1.32. The fourth-order valence-electron chi connectivity index (χ4n) is 3.62. The monoisotopic (exact) mass is 222 g/mol. The van der Waals surface area contributed by atoms with E-state index in [1.165, 1.54) is 0 Å². The molecule has 0 radical (unpaired) electrons. The molecule has 0 amide bonds. The first-order valence-electron chi connectivity index (χ1n) is 5.62. The lowest BCUT2D eigenvalue weighted by Gasteiger charge is -2.35. The Labute approximate surface area is 93.6 Å². The molecule has 0 aromatic rings. The highest BCUT2D eigenvalue weighted by molar-refractivity contribution is 5.82. The number of ether oxygens (including phenoxy) is 2. The molecule has 2 aliphatic carbocycles. The first-order chi connectivity index (χ1) is 7.56. The first kappa shape index (κ1) is 9.87. The Morgan fingerprint density at radius 2 is 2.38 bits per heavy atom. The first-order valence-corrected chi connectivity index (χ1v) is 5.62. The van der Waals surface area contributed by atoms with Gasteiger partial charge in [0.05, 0.1) is 5.92 Å². The molecule has 3 aliphatic rings. The summed E-state index contributed by atoms with van der Waals surface area (Å²) in [6.45, 7) is 5.26. The van der Waals surface area contributed by atoms with Gasteiger partial charge in [0.1, 0.15) is 11.7 Å². The largest absolute Gasteiger partial charge is 0.458 e. The molecule has 86 valence electrons. The van der Waals surface area contributed by atoms with Gasteiger partial charge in [-0.1, -0.05) is 6.58 Å². The molecule has 2 saturated carbocycles. The number of hydrogen-bond donors (Lipinski definition) is 0. The summed E-state index contributed by atoms with van der Waals surface area (Å²) in [6.07, 6.45) is 2.64. The summed E-state index contributed by atoms with van der Waals surface area (Å²) < 4.78 is 10.8. The van der Waals surface area contributed by atoms with Crippen LogP contribution < -0.4 is 0 Å². The highest BCUT2D eigenvalue weighted by Crippen LogP contribution is 2.60. The summed E-state index contributed by atoms with van der Waals surface area (Å²) in [5, 5.41) is 0. The molecular formula is C12H14O4. The van der Waals surface area contributed by atoms with Crippen LogP contribution in [0.15, 0.2) is 12.7 Å². The maximum absolute atomic E-state index is 11.6. The Morgan fingerprint density at radius 1 is 1.62 bits per heavy atom.